The van der Waals surface area contributed by atoms with Crippen LogP contribution < -0.4 is 10.6 Å². The highest BCUT2D eigenvalue weighted by Gasteiger charge is 2.06. The number of halogens is 1. The van der Waals surface area contributed by atoms with E-state index in [1.54, 1.807) is 7.05 Å². The molecule has 0 heterocycles. The minimum absolute atomic E-state index is 0. The molecular formula is C15H27IN4. The van der Waals surface area contributed by atoms with Crippen molar-refractivity contribution in [1.82, 2.24) is 15.5 Å². The van der Waals surface area contributed by atoms with Crippen molar-refractivity contribution in [3.05, 3.63) is 35.9 Å². The van der Waals surface area contributed by atoms with Gasteiger partial charge in [0.2, 0.25) is 0 Å². The first-order valence-corrected chi connectivity index (χ1v) is 6.88. The standard InChI is InChI=1S/C15H26N4.HI/c1-5-19(4)12-11-17-15(16-3)18-13(2)14-9-7-6-8-10-14;/h6-10,13H,5,11-12H2,1-4H3,(H2,16,17,18);1H. The third-order valence-corrected chi connectivity index (χ3v) is 3.20. The third-order valence-electron chi connectivity index (χ3n) is 3.20. The van der Waals surface area contributed by atoms with Gasteiger partial charge < -0.3 is 15.5 Å². The number of benzene rings is 1. The van der Waals surface area contributed by atoms with Gasteiger partial charge in [0.05, 0.1) is 6.04 Å². The molecule has 0 amide bonds. The Labute approximate surface area is 140 Å². The Bertz CT molecular complexity index is 381. The Hall–Kier alpha value is -0.820. The summed E-state index contributed by atoms with van der Waals surface area (Å²) in [6.07, 6.45) is 0. The molecule has 4 nitrogen and oxygen atoms in total. The summed E-state index contributed by atoms with van der Waals surface area (Å²) in [5, 5.41) is 6.73. The van der Waals surface area contributed by atoms with Crippen molar-refractivity contribution in [2.45, 2.75) is 19.9 Å². The molecule has 1 aromatic rings. The lowest BCUT2D eigenvalue weighted by Gasteiger charge is -2.20. The van der Waals surface area contributed by atoms with Crippen LogP contribution >= 0.6 is 24.0 Å². The third kappa shape index (κ3) is 7.09. The van der Waals surface area contributed by atoms with Crippen LogP contribution in [0.5, 0.6) is 0 Å². The number of hydrogen-bond donors (Lipinski definition) is 2. The molecule has 5 heteroatoms. The first-order chi connectivity index (χ1) is 9.17. The van der Waals surface area contributed by atoms with Gasteiger partial charge in [0.25, 0.3) is 0 Å². The maximum atomic E-state index is 4.25. The van der Waals surface area contributed by atoms with Gasteiger partial charge in [-0.2, -0.15) is 0 Å². The molecule has 0 saturated carbocycles. The largest absolute Gasteiger partial charge is 0.355 e. The van der Waals surface area contributed by atoms with Crippen LogP contribution in [0.25, 0.3) is 0 Å². The molecule has 0 spiro atoms. The van der Waals surface area contributed by atoms with E-state index in [1.165, 1.54) is 5.56 Å². The molecule has 0 bridgehead atoms. The van der Waals surface area contributed by atoms with Crippen LogP contribution in [0.1, 0.15) is 25.5 Å². The summed E-state index contributed by atoms with van der Waals surface area (Å²) < 4.78 is 0. The van der Waals surface area contributed by atoms with Gasteiger partial charge in [-0.1, -0.05) is 37.3 Å². The lowest BCUT2D eigenvalue weighted by molar-refractivity contribution is 0.357. The van der Waals surface area contributed by atoms with Crippen molar-refractivity contribution in [3.8, 4) is 0 Å². The SMILES string of the molecule is CCN(C)CCNC(=NC)NC(C)c1ccccc1.I. The van der Waals surface area contributed by atoms with Gasteiger partial charge in [-0.3, -0.25) is 4.99 Å². The van der Waals surface area contributed by atoms with Crippen LogP contribution in [-0.4, -0.2) is 44.6 Å². The van der Waals surface area contributed by atoms with Gasteiger partial charge in [0.1, 0.15) is 0 Å². The smallest absolute Gasteiger partial charge is 0.191 e. The zero-order chi connectivity index (χ0) is 14.1. The zero-order valence-electron chi connectivity index (χ0n) is 12.9. The number of guanidine groups is 1. The summed E-state index contributed by atoms with van der Waals surface area (Å²) in [4.78, 5) is 6.52. The van der Waals surface area contributed by atoms with Crippen LogP contribution in [0.2, 0.25) is 0 Å². The number of hydrogen-bond acceptors (Lipinski definition) is 2. The summed E-state index contributed by atoms with van der Waals surface area (Å²) in [5.74, 6) is 0.848. The van der Waals surface area contributed by atoms with E-state index in [-0.39, 0.29) is 30.0 Å². The highest BCUT2D eigenvalue weighted by molar-refractivity contribution is 14.0. The lowest BCUT2D eigenvalue weighted by atomic mass is 10.1. The first kappa shape index (κ1) is 19.2. The van der Waals surface area contributed by atoms with Gasteiger partial charge in [-0.15, -0.1) is 24.0 Å². The maximum absolute atomic E-state index is 4.25. The Morgan fingerprint density at radius 1 is 1.30 bits per heavy atom. The number of nitrogens with one attached hydrogen (secondary N) is 2. The fraction of sp³-hybridized carbons (Fsp3) is 0.533. The monoisotopic (exact) mass is 390 g/mol. The van der Waals surface area contributed by atoms with Gasteiger partial charge in [-0.25, -0.2) is 0 Å². The minimum Gasteiger partial charge on any atom is -0.355 e. The van der Waals surface area contributed by atoms with Crippen molar-refractivity contribution in [3.63, 3.8) is 0 Å². The predicted molar refractivity (Wildman–Crippen MR) is 97.9 cm³/mol. The van der Waals surface area contributed by atoms with Crippen molar-refractivity contribution >= 4 is 29.9 Å². The van der Waals surface area contributed by atoms with E-state index < -0.39 is 0 Å². The van der Waals surface area contributed by atoms with E-state index in [4.69, 9.17) is 0 Å². The summed E-state index contributed by atoms with van der Waals surface area (Å²) >= 11 is 0. The molecule has 0 aliphatic rings. The molecule has 0 aliphatic heterocycles. The Morgan fingerprint density at radius 2 is 1.95 bits per heavy atom. The molecule has 1 atom stereocenters. The molecule has 0 saturated heterocycles. The molecular weight excluding hydrogens is 363 g/mol. The summed E-state index contributed by atoms with van der Waals surface area (Å²) in [5.41, 5.74) is 1.26. The van der Waals surface area contributed by atoms with E-state index in [2.05, 4.69) is 65.7 Å². The molecule has 1 aromatic carbocycles. The first-order valence-electron chi connectivity index (χ1n) is 6.88. The summed E-state index contributed by atoms with van der Waals surface area (Å²) in [6, 6.07) is 10.6. The Morgan fingerprint density at radius 3 is 2.50 bits per heavy atom. The van der Waals surface area contributed by atoms with Gasteiger partial charge in [-0.05, 0) is 26.1 Å². The fourth-order valence-electron chi connectivity index (χ4n) is 1.75. The second kappa shape index (κ2) is 10.9. The molecule has 0 aliphatic carbocycles. The highest BCUT2D eigenvalue weighted by Crippen LogP contribution is 2.10. The minimum atomic E-state index is 0. The molecule has 0 fully saturated rings. The van der Waals surface area contributed by atoms with Crippen LogP contribution in [0.3, 0.4) is 0 Å². The summed E-state index contributed by atoms with van der Waals surface area (Å²) in [7, 11) is 3.92. The molecule has 0 radical (unpaired) electrons. The van der Waals surface area contributed by atoms with Crippen LogP contribution in [0.4, 0.5) is 0 Å². The lowest BCUT2D eigenvalue weighted by Crippen LogP contribution is -2.41. The number of likely N-dealkylation sites (N-methyl/N-ethyl adjacent to an activating group) is 1. The van der Waals surface area contributed by atoms with Crippen molar-refractivity contribution in [2.24, 2.45) is 4.99 Å². The molecule has 114 valence electrons. The topological polar surface area (TPSA) is 39.7 Å². The van der Waals surface area contributed by atoms with Crippen molar-refractivity contribution in [1.29, 1.82) is 0 Å². The Balaban J connectivity index is 0.00000361. The number of nitrogens with zero attached hydrogens (tertiary/aromatic N) is 2. The van der Waals surface area contributed by atoms with E-state index in [0.29, 0.717) is 0 Å². The van der Waals surface area contributed by atoms with Crippen molar-refractivity contribution < 1.29 is 0 Å². The molecule has 0 aromatic heterocycles. The second-order valence-electron chi connectivity index (χ2n) is 4.67. The highest BCUT2D eigenvalue weighted by atomic mass is 127. The second-order valence-corrected chi connectivity index (χ2v) is 4.67. The molecule has 1 rings (SSSR count). The van der Waals surface area contributed by atoms with Crippen LogP contribution in [0, 0.1) is 0 Å². The van der Waals surface area contributed by atoms with E-state index >= 15 is 0 Å². The normalized spacial score (nSPS) is 12.8. The van der Waals surface area contributed by atoms with Gasteiger partial charge in [0.15, 0.2) is 5.96 Å². The number of rotatable bonds is 6. The molecule has 20 heavy (non-hydrogen) atoms. The molecule has 1 unspecified atom stereocenters. The van der Waals surface area contributed by atoms with E-state index in [1.807, 2.05) is 6.07 Å². The Kier molecular flexibility index (Phi) is 10.5. The van der Waals surface area contributed by atoms with E-state index in [9.17, 15) is 0 Å². The average molecular weight is 390 g/mol. The summed E-state index contributed by atoms with van der Waals surface area (Å²) in [6.45, 7) is 7.27. The maximum Gasteiger partial charge on any atom is 0.191 e. The number of aliphatic imine (C=N–C) groups is 1. The van der Waals surface area contributed by atoms with Crippen molar-refractivity contribution in [2.75, 3.05) is 33.7 Å². The van der Waals surface area contributed by atoms with Gasteiger partial charge >= 0.3 is 0 Å². The average Bonchev–Trinajstić information content (AvgIpc) is 2.46. The van der Waals surface area contributed by atoms with Crippen LogP contribution in [0.15, 0.2) is 35.3 Å². The quantitative estimate of drug-likeness (QED) is 0.446. The predicted octanol–water partition coefficient (Wildman–Crippen LogP) is 2.48. The zero-order valence-corrected chi connectivity index (χ0v) is 15.2. The fourth-order valence-corrected chi connectivity index (χ4v) is 1.75. The van der Waals surface area contributed by atoms with E-state index in [0.717, 1.165) is 25.6 Å². The molecule has 2 N–H and O–H groups in total. The van der Waals surface area contributed by atoms with Crippen LogP contribution in [-0.2, 0) is 0 Å². The van der Waals surface area contributed by atoms with Gasteiger partial charge in [0, 0.05) is 20.1 Å².